The molecule has 0 saturated carbocycles. The van der Waals surface area contributed by atoms with Crippen molar-refractivity contribution < 1.29 is 32.3 Å². The van der Waals surface area contributed by atoms with E-state index in [1.807, 2.05) is 0 Å². The molecule has 0 N–H and O–H groups in total. The Kier molecular flexibility index (Phi) is 6.98. The topological polar surface area (TPSA) is 83.0 Å². The molecule has 6 nitrogen and oxygen atoms in total. The summed E-state index contributed by atoms with van der Waals surface area (Å²) in [5.74, 6) is -3.46. The number of methoxy groups -OCH3 is 1. The second-order valence-electron chi connectivity index (χ2n) is 4.67. The van der Waals surface area contributed by atoms with Crippen LogP contribution in [0.15, 0.2) is 18.2 Å². The Morgan fingerprint density at radius 3 is 2.32 bits per heavy atom. The fourth-order valence-electron chi connectivity index (χ4n) is 2.06. The Morgan fingerprint density at radius 1 is 1.32 bits per heavy atom. The van der Waals surface area contributed by atoms with Crippen molar-refractivity contribution in [2.24, 2.45) is 0 Å². The molecule has 1 rings (SSSR count). The molecular formula is C14H12Cl2F3N3O3. The first-order valence-corrected chi connectivity index (χ1v) is 7.49. The number of rotatable bonds is 5. The van der Waals surface area contributed by atoms with Gasteiger partial charge in [0.05, 0.1) is 17.2 Å². The van der Waals surface area contributed by atoms with Gasteiger partial charge in [-0.05, 0) is 24.6 Å². The lowest BCUT2D eigenvalue weighted by atomic mass is 10.1. The standard InChI is InChI=1S/C14H12Cl2F3N3O3/c1-3-10(11(21-20)12(23)25-2)22(13(24)14(17,18)19)7-4-5-8(15)9(16)6-7/h4-6,10H,3H2,1-2H3. The molecule has 0 bridgehead atoms. The van der Waals surface area contributed by atoms with Crippen molar-refractivity contribution in [2.75, 3.05) is 12.0 Å². The molecule has 0 aliphatic heterocycles. The van der Waals surface area contributed by atoms with Crippen molar-refractivity contribution in [3.63, 3.8) is 0 Å². The number of benzene rings is 1. The summed E-state index contributed by atoms with van der Waals surface area (Å²) in [7, 11) is 0.954. The molecule has 1 unspecified atom stereocenters. The Labute approximate surface area is 150 Å². The predicted molar refractivity (Wildman–Crippen MR) is 84.7 cm³/mol. The van der Waals surface area contributed by atoms with Crippen LogP contribution in [0.3, 0.4) is 0 Å². The Balaban J connectivity index is 3.58. The Bertz CT molecular complexity index is 734. The van der Waals surface area contributed by atoms with Crippen molar-refractivity contribution in [2.45, 2.75) is 25.6 Å². The largest absolute Gasteiger partial charge is 0.471 e. The molecule has 1 amide bonds. The van der Waals surface area contributed by atoms with Gasteiger partial charge in [-0.2, -0.15) is 18.0 Å². The number of nitrogens with zero attached hydrogens (tertiary/aromatic N) is 3. The number of hydrogen-bond acceptors (Lipinski definition) is 3. The molecule has 0 fully saturated rings. The van der Waals surface area contributed by atoms with Gasteiger partial charge in [-0.3, -0.25) is 9.69 Å². The monoisotopic (exact) mass is 397 g/mol. The normalized spacial score (nSPS) is 12.1. The molecule has 136 valence electrons. The molecule has 0 aliphatic carbocycles. The van der Waals surface area contributed by atoms with E-state index >= 15 is 0 Å². The highest BCUT2D eigenvalue weighted by atomic mass is 35.5. The van der Waals surface area contributed by atoms with E-state index in [1.54, 1.807) is 0 Å². The average Bonchev–Trinajstić information content (AvgIpc) is 2.55. The molecule has 1 aromatic rings. The zero-order chi connectivity index (χ0) is 19.4. The quantitative estimate of drug-likeness (QED) is 0.329. The van der Waals surface area contributed by atoms with Gasteiger partial charge in [-0.15, -0.1) is 0 Å². The zero-order valence-corrected chi connectivity index (χ0v) is 14.5. The molecule has 0 aliphatic rings. The van der Waals surface area contributed by atoms with Crippen LogP contribution < -0.4 is 4.90 Å². The van der Waals surface area contributed by atoms with Crippen LogP contribution in [0.2, 0.25) is 10.0 Å². The third-order valence-electron chi connectivity index (χ3n) is 3.16. The number of halogens is 5. The number of carbonyl (C=O) groups is 2. The minimum atomic E-state index is -5.25. The van der Waals surface area contributed by atoms with E-state index in [-0.39, 0.29) is 27.1 Å². The molecule has 1 atom stereocenters. The molecule has 0 aromatic heterocycles. The number of anilines is 1. The number of amides is 1. The summed E-state index contributed by atoms with van der Waals surface area (Å²) in [5.41, 5.74) is 7.98. The molecule has 1 aromatic carbocycles. The zero-order valence-electron chi connectivity index (χ0n) is 13.0. The SMILES string of the molecule is CCC(C(=[N+]=[N-])C(=O)OC)N(C(=O)C(F)(F)F)c1ccc(Cl)c(Cl)c1. The lowest BCUT2D eigenvalue weighted by Gasteiger charge is -2.28. The highest BCUT2D eigenvalue weighted by Gasteiger charge is 2.49. The first-order valence-electron chi connectivity index (χ1n) is 6.74. The van der Waals surface area contributed by atoms with E-state index in [4.69, 9.17) is 28.7 Å². The summed E-state index contributed by atoms with van der Waals surface area (Å²) in [6.45, 7) is 1.40. The number of ether oxygens (including phenoxy) is 1. The third kappa shape index (κ3) is 4.72. The number of carbonyl (C=O) groups excluding carboxylic acids is 2. The maximum Gasteiger partial charge on any atom is 0.471 e. The number of esters is 1. The fourth-order valence-corrected chi connectivity index (χ4v) is 2.35. The van der Waals surface area contributed by atoms with E-state index < -0.39 is 29.8 Å². The molecule has 0 heterocycles. The van der Waals surface area contributed by atoms with E-state index in [9.17, 15) is 22.8 Å². The van der Waals surface area contributed by atoms with Crippen LogP contribution in [-0.4, -0.2) is 41.7 Å². The smallest absolute Gasteiger partial charge is 0.460 e. The van der Waals surface area contributed by atoms with Crippen LogP contribution >= 0.6 is 23.2 Å². The third-order valence-corrected chi connectivity index (χ3v) is 3.90. The second kappa shape index (κ2) is 8.33. The fraction of sp³-hybridized carbons (Fsp3) is 0.357. The minimum Gasteiger partial charge on any atom is -0.460 e. The average molecular weight is 398 g/mol. The van der Waals surface area contributed by atoms with Crippen molar-refractivity contribution in [3.05, 3.63) is 33.8 Å². The van der Waals surface area contributed by atoms with Gasteiger partial charge < -0.3 is 10.3 Å². The van der Waals surface area contributed by atoms with Gasteiger partial charge in [0, 0.05) is 5.69 Å². The summed E-state index contributed by atoms with van der Waals surface area (Å²) < 4.78 is 43.5. The van der Waals surface area contributed by atoms with Gasteiger partial charge in [-0.25, -0.2) is 4.79 Å². The first kappa shape index (κ1) is 21.0. The lowest BCUT2D eigenvalue weighted by molar-refractivity contribution is -0.170. The molecule has 0 saturated heterocycles. The van der Waals surface area contributed by atoms with Crippen LogP contribution in [0.25, 0.3) is 5.53 Å². The van der Waals surface area contributed by atoms with Crippen molar-refractivity contribution in [3.8, 4) is 0 Å². The van der Waals surface area contributed by atoms with Crippen molar-refractivity contribution >= 4 is 46.5 Å². The van der Waals surface area contributed by atoms with E-state index in [0.29, 0.717) is 0 Å². The van der Waals surface area contributed by atoms with Crippen molar-refractivity contribution in [1.82, 2.24) is 0 Å². The summed E-state index contributed by atoms with van der Waals surface area (Å²) in [5, 5.41) is -0.0450. The van der Waals surface area contributed by atoms with Gasteiger partial charge in [-0.1, -0.05) is 30.1 Å². The minimum absolute atomic E-state index is 0.0573. The Hall–Kier alpha value is -2.09. The summed E-state index contributed by atoms with van der Waals surface area (Å²) >= 11 is 11.5. The van der Waals surface area contributed by atoms with Crippen molar-refractivity contribution in [1.29, 1.82) is 0 Å². The van der Waals surface area contributed by atoms with E-state index in [2.05, 4.69) is 9.53 Å². The van der Waals surface area contributed by atoms with Crippen LogP contribution in [-0.2, 0) is 14.3 Å². The van der Waals surface area contributed by atoms with Gasteiger partial charge in [0.2, 0.25) is 0 Å². The van der Waals surface area contributed by atoms with Crippen LogP contribution in [0.1, 0.15) is 13.3 Å². The molecule has 0 spiro atoms. The molecule has 25 heavy (non-hydrogen) atoms. The van der Waals surface area contributed by atoms with Crippen LogP contribution in [0, 0.1) is 0 Å². The molecule has 11 heteroatoms. The molecule has 0 radical (unpaired) electrons. The number of hydrogen-bond donors (Lipinski definition) is 0. The lowest BCUT2D eigenvalue weighted by Crippen LogP contribution is -2.52. The van der Waals surface area contributed by atoms with Gasteiger partial charge in [0.25, 0.3) is 0 Å². The van der Waals surface area contributed by atoms with Gasteiger partial charge >= 0.3 is 23.8 Å². The second-order valence-corrected chi connectivity index (χ2v) is 5.49. The summed E-state index contributed by atoms with van der Waals surface area (Å²) in [4.78, 5) is 26.6. The summed E-state index contributed by atoms with van der Waals surface area (Å²) in [6, 6.07) is 1.79. The Morgan fingerprint density at radius 2 is 1.92 bits per heavy atom. The van der Waals surface area contributed by atoms with E-state index in [0.717, 1.165) is 19.2 Å². The first-order chi connectivity index (χ1) is 11.6. The highest BCUT2D eigenvalue weighted by Crippen LogP contribution is 2.32. The maximum absolute atomic E-state index is 13.0. The van der Waals surface area contributed by atoms with Gasteiger partial charge in [0.1, 0.15) is 6.04 Å². The molecular weight excluding hydrogens is 386 g/mol. The van der Waals surface area contributed by atoms with Crippen LogP contribution in [0.4, 0.5) is 18.9 Å². The maximum atomic E-state index is 13.0. The summed E-state index contributed by atoms with van der Waals surface area (Å²) in [6.07, 6.45) is -5.44. The van der Waals surface area contributed by atoms with Gasteiger partial charge in [0.15, 0.2) is 0 Å². The highest BCUT2D eigenvalue weighted by molar-refractivity contribution is 6.42. The number of alkyl halides is 3. The predicted octanol–water partition coefficient (Wildman–Crippen LogP) is 3.51. The van der Waals surface area contributed by atoms with E-state index in [1.165, 1.54) is 13.0 Å². The van der Waals surface area contributed by atoms with Crippen LogP contribution in [0.5, 0.6) is 0 Å².